The zero-order chi connectivity index (χ0) is 21.4. The third kappa shape index (κ3) is 10.1. The average molecular weight is 399 g/mol. The Hall–Kier alpha value is -1.54. The summed E-state index contributed by atoms with van der Waals surface area (Å²) >= 11 is 0. The summed E-state index contributed by atoms with van der Waals surface area (Å²) in [6, 6.07) is 0.436. The molecule has 0 bridgehead atoms. The van der Waals surface area contributed by atoms with Crippen LogP contribution in [0.15, 0.2) is 4.99 Å². The van der Waals surface area contributed by atoms with Gasteiger partial charge in [-0.15, -0.1) is 0 Å². The number of likely N-dealkylation sites (N-methyl/N-ethyl adjacent to an activating group) is 1. The third-order valence-electron chi connectivity index (χ3n) is 4.54. The summed E-state index contributed by atoms with van der Waals surface area (Å²) in [5.41, 5.74) is -1.02. The lowest BCUT2D eigenvalue weighted by atomic mass is 10.1. The highest BCUT2D eigenvalue weighted by Gasteiger charge is 2.25. The van der Waals surface area contributed by atoms with E-state index in [-0.39, 0.29) is 0 Å². The standard InChI is InChI=1S/C20H42N6O2/c1-9-21-17(22-14-16(2)26-12-10-25(8)11-13-26)23-15-20(6,7)24-18(27)28-19(3,4)5/h16H,9-15H2,1-8H3,(H,24,27)(H2,21,22,23). The first-order valence-corrected chi connectivity index (χ1v) is 10.4. The number of aliphatic imine (C=N–C) groups is 1. The molecule has 0 aliphatic carbocycles. The molecule has 28 heavy (non-hydrogen) atoms. The van der Waals surface area contributed by atoms with E-state index in [4.69, 9.17) is 4.74 Å². The molecule has 1 heterocycles. The fourth-order valence-electron chi connectivity index (χ4n) is 2.87. The number of nitrogens with one attached hydrogen (secondary N) is 3. The first-order valence-electron chi connectivity index (χ1n) is 10.4. The van der Waals surface area contributed by atoms with E-state index >= 15 is 0 Å². The first-order chi connectivity index (χ1) is 12.9. The predicted molar refractivity (Wildman–Crippen MR) is 116 cm³/mol. The number of hydrogen-bond donors (Lipinski definition) is 3. The third-order valence-corrected chi connectivity index (χ3v) is 4.54. The molecule has 0 saturated carbocycles. The first kappa shape index (κ1) is 24.5. The fourth-order valence-corrected chi connectivity index (χ4v) is 2.87. The molecular weight excluding hydrogens is 356 g/mol. The number of amides is 1. The van der Waals surface area contributed by atoms with Crippen LogP contribution in [0.1, 0.15) is 48.5 Å². The van der Waals surface area contributed by atoms with Crippen LogP contribution in [-0.2, 0) is 4.74 Å². The van der Waals surface area contributed by atoms with Crippen molar-refractivity contribution in [1.29, 1.82) is 0 Å². The van der Waals surface area contributed by atoms with E-state index in [0.717, 1.165) is 45.2 Å². The van der Waals surface area contributed by atoms with E-state index in [1.807, 2.05) is 41.5 Å². The predicted octanol–water partition coefficient (Wildman–Crippen LogP) is 1.48. The quantitative estimate of drug-likeness (QED) is 0.445. The minimum absolute atomic E-state index is 0.422. The van der Waals surface area contributed by atoms with Crippen molar-refractivity contribution < 1.29 is 9.53 Å². The van der Waals surface area contributed by atoms with Crippen molar-refractivity contribution in [2.75, 3.05) is 52.9 Å². The molecule has 0 aromatic rings. The molecule has 1 atom stereocenters. The van der Waals surface area contributed by atoms with Crippen LogP contribution in [-0.4, -0.2) is 91.9 Å². The van der Waals surface area contributed by atoms with Crippen LogP contribution >= 0.6 is 0 Å². The molecule has 1 saturated heterocycles. The minimum Gasteiger partial charge on any atom is -0.444 e. The number of guanidine groups is 1. The molecular formula is C20H42N6O2. The van der Waals surface area contributed by atoms with Gasteiger partial charge in [0.1, 0.15) is 5.60 Å². The highest BCUT2D eigenvalue weighted by atomic mass is 16.6. The summed E-state index contributed by atoms with van der Waals surface area (Å²) in [4.78, 5) is 21.6. The molecule has 0 radical (unpaired) electrons. The summed E-state index contributed by atoms with van der Waals surface area (Å²) in [5, 5.41) is 9.61. The van der Waals surface area contributed by atoms with Gasteiger partial charge in [-0.1, -0.05) is 0 Å². The van der Waals surface area contributed by atoms with Gasteiger partial charge in [0.15, 0.2) is 5.96 Å². The fraction of sp³-hybridized carbons (Fsp3) is 0.900. The second-order valence-corrected chi connectivity index (χ2v) is 9.28. The Bertz CT molecular complexity index is 507. The van der Waals surface area contributed by atoms with Crippen molar-refractivity contribution in [3.05, 3.63) is 0 Å². The van der Waals surface area contributed by atoms with E-state index in [0.29, 0.717) is 12.6 Å². The number of alkyl carbamates (subject to hydrolysis) is 1. The Labute approximate surface area is 171 Å². The maximum Gasteiger partial charge on any atom is 0.408 e. The number of hydrogen-bond acceptors (Lipinski definition) is 5. The van der Waals surface area contributed by atoms with Crippen molar-refractivity contribution in [3.8, 4) is 0 Å². The van der Waals surface area contributed by atoms with Crippen LogP contribution in [0.25, 0.3) is 0 Å². The molecule has 1 amide bonds. The molecule has 1 unspecified atom stereocenters. The summed E-state index contributed by atoms with van der Waals surface area (Å²) < 4.78 is 5.34. The van der Waals surface area contributed by atoms with Crippen LogP contribution in [0.3, 0.4) is 0 Å². The Balaban J connectivity index is 2.54. The van der Waals surface area contributed by atoms with Crippen molar-refractivity contribution >= 4 is 12.1 Å². The van der Waals surface area contributed by atoms with E-state index in [2.05, 4.69) is 44.7 Å². The molecule has 8 heteroatoms. The van der Waals surface area contributed by atoms with Gasteiger partial charge in [0, 0.05) is 45.3 Å². The number of carbonyl (C=O) groups is 1. The lowest BCUT2D eigenvalue weighted by Crippen LogP contribution is -2.52. The summed E-state index contributed by atoms with van der Waals surface area (Å²) in [6.07, 6.45) is -0.422. The zero-order valence-electron chi connectivity index (χ0n) is 19.2. The molecule has 1 aliphatic heterocycles. The lowest BCUT2D eigenvalue weighted by molar-refractivity contribution is 0.0476. The van der Waals surface area contributed by atoms with Crippen molar-refractivity contribution in [2.24, 2.45) is 4.99 Å². The number of carbonyl (C=O) groups excluding carboxylic acids is 1. The van der Waals surface area contributed by atoms with Gasteiger partial charge in [0.2, 0.25) is 0 Å². The van der Waals surface area contributed by atoms with Crippen LogP contribution in [0.4, 0.5) is 4.79 Å². The van der Waals surface area contributed by atoms with Crippen molar-refractivity contribution in [3.63, 3.8) is 0 Å². The SMILES string of the molecule is CCNC(=NCC(C)(C)NC(=O)OC(C)(C)C)NCC(C)N1CCN(C)CC1. The van der Waals surface area contributed by atoms with Gasteiger partial charge in [-0.05, 0) is 55.5 Å². The highest BCUT2D eigenvalue weighted by molar-refractivity contribution is 5.79. The van der Waals surface area contributed by atoms with Gasteiger partial charge in [-0.2, -0.15) is 0 Å². The molecule has 3 N–H and O–H groups in total. The van der Waals surface area contributed by atoms with Gasteiger partial charge in [0.25, 0.3) is 0 Å². The van der Waals surface area contributed by atoms with E-state index < -0.39 is 17.2 Å². The van der Waals surface area contributed by atoms with Crippen molar-refractivity contribution in [2.45, 2.75) is 65.6 Å². The summed E-state index contributed by atoms with van der Waals surface area (Å²) in [6.45, 7) is 20.2. The molecule has 1 fully saturated rings. The molecule has 8 nitrogen and oxygen atoms in total. The number of rotatable bonds is 7. The molecule has 164 valence electrons. The lowest BCUT2D eigenvalue weighted by Gasteiger charge is -2.36. The summed E-state index contributed by atoms with van der Waals surface area (Å²) in [7, 11) is 2.17. The molecule has 1 rings (SSSR count). The number of piperazine rings is 1. The normalized spacial score (nSPS) is 18.5. The van der Waals surface area contributed by atoms with Gasteiger partial charge < -0.3 is 25.6 Å². The van der Waals surface area contributed by atoms with E-state index in [9.17, 15) is 4.79 Å². The largest absolute Gasteiger partial charge is 0.444 e. The highest BCUT2D eigenvalue weighted by Crippen LogP contribution is 2.10. The minimum atomic E-state index is -0.515. The van der Waals surface area contributed by atoms with Crippen LogP contribution in [0.2, 0.25) is 0 Å². The van der Waals surface area contributed by atoms with Gasteiger partial charge in [-0.3, -0.25) is 9.89 Å². The molecule has 0 aromatic heterocycles. The van der Waals surface area contributed by atoms with Gasteiger partial charge in [0.05, 0.1) is 12.1 Å². The van der Waals surface area contributed by atoms with Gasteiger partial charge >= 0.3 is 6.09 Å². The van der Waals surface area contributed by atoms with Gasteiger partial charge in [-0.25, -0.2) is 4.79 Å². The zero-order valence-corrected chi connectivity index (χ0v) is 19.2. The topological polar surface area (TPSA) is 81.2 Å². The Morgan fingerprint density at radius 2 is 1.71 bits per heavy atom. The average Bonchev–Trinajstić information content (AvgIpc) is 2.55. The number of nitrogens with zero attached hydrogens (tertiary/aromatic N) is 3. The molecule has 1 aliphatic rings. The number of ether oxygens (including phenoxy) is 1. The van der Waals surface area contributed by atoms with Crippen LogP contribution < -0.4 is 16.0 Å². The second kappa shape index (κ2) is 10.9. The van der Waals surface area contributed by atoms with Crippen LogP contribution in [0, 0.1) is 0 Å². The van der Waals surface area contributed by atoms with Crippen molar-refractivity contribution in [1.82, 2.24) is 25.8 Å². The Morgan fingerprint density at radius 1 is 1.11 bits per heavy atom. The van der Waals surface area contributed by atoms with E-state index in [1.165, 1.54) is 0 Å². The van der Waals surface area contributed by atoms with E-state index in [1.54, 1.807) is 0 Å². The second-order valence-electron chi connectivity index (χ2n) is 9.28. The Morgan fingerprint density at radius 3 is 2.25 bits per heavy atom. The Kier molecular flexibility index (Phi) is 9.50. The molecule has 0 spiro atoms. The summed E-state index contributed by atoms with van der Waals surface area (Å²) in [5.74, 6) is 0.766. The smallest absolute Gasteiger partial charge is 0.408 e. The maximum absolute atomic E-state index is 12.0. The molecule has 0 aromatic carbocycles. The van der Waals surface area contributed by atoms with Crippen LogP contribution in [0.5, 0.6) is 0 Å². The monoisotopic (exact) mass is 398 g/mol. The maximum atomic E-state index is 12.0.